The van der Waals surface area contributed by atoms with Crippen LogP contribution in [0.2, 0.25) is 0 Å². The second-order valence-electron chi connectivity index (χ2n) is 4.94. The fourth-order valence-electron chi connectivity index (χ4n) is 2.54. The number of hydrogen-bond acceptors (Lipinski definition) is 3. The molecule has 1 aliphatic rings. The molecule has 21 heavy (non-hydrogen) atoms. The Morgan fingerprint density at radius 2 is 2.24 bits per heavy atom. The fraction of sp³-hybridized carbons (Fsp3) is 0.467. The van der Waals surface area contributed by atoms with Crippen LogP contribution in [0.15, 0.2) is 18.2 Å². The van der Waals surface area contributed by atoms with E-state index in [1.54, 1.807) is 28.8 Å². The first-order valence-electron chi connectivity index (χ1n) is 7.04. The van der Waals surface area contributed by atoms with Gasteiger partial charge >= 0.3 is 12.0 Å². The molecule has 0 aromatic heterocycles. The molecule has 5 nitrogen and oxygen atoms in total. The van der Waals surface area contributed by atoms with Gasteiger partial charge in [-0.25, -0.2) is 9.59 Å². The summed E-state index contributed by atoms with van der Waals surface area (Å²) in [6.45, 7) is 1.27. The molecule has 0 spiro atoms. The maximum absolute atomic E-state index is 12.3. The van der Waals surface area contributed by atoms with E-state index >= 15 is 0 Å². The highest BCUT2D eigenvalue weighted by Crippen LogP contribution is 2.29. The number of carboxylic acids is 1. The van der Waals surface area contributed by atoms with E-state index in [-0.39, 0.29) is 6.03 Å². The number of nitrogens with zero attached hydrogens (tertiary/aromatic N) is 1. The van der Waals surface area contributed by atoms with E-state index in [2.05, 4.69) is 5.32 Å². The number of urea groups is 1. The van der Waals surface area contributed by atoms with Gasteiger partial charge in [-0.05, 0) is 49.0 Å². The molecule has 1 aromatic rings. The Labute approximate surface area is 128 Å². The minimum Gasteiger partial charge on any atom is -0.478 e. The summed E-state index contributed by atoms with van der Waals surface area (Å²) >= 11 is 1.75. The van der Waals surface area contributed by atoms with Crippen LogP contribution in [0, 0.1) is 0 Å². The Morgan fingerprint density at radius 1 is 1.43 bits per heavy atom. The Balaban J connectivity index is 2.13. The summed E-state index contributed by atoms with van der Waals surface area (Å²) in [5.74, 6) is 0.0779. The third-order valence-electron chi connectivity index (χ3n) is 3.53. The van der Waals surface area contributed by atoms with Crippen molar-refractivity contribution in [2.24, 2.45) is 0 Å². The van der Waals surface area contributed by atoms with Gasteiger partial charge in [0.25, 0.3) is 0 Å². The van der Waals surface area contributed by atoms with Gasteiger partial charge in [0.2, 0.25) is 0 Å². The third kappa shape index (κ3) is 3.69. The molecule has 0 radical (unpaired) electrons. The van der Waals surface area contributed by atoms with Crippen LogP contribution in [0.4, 0.5) is 10.5 Å². The number of rotatable bonds is 5. The zero-order chi connectivity index (χ0) is 15.2. The molecule has 1 aromatic carbocycles. The van der Waals surface area contributed by atoms with Crippen LogP contribution in [0.5, 0.6) is 0 Å². The SMILES string of the molecule is CSCCCNC(=O)N1CCCc2c(C(=O)O)cccc21. The molecule has 2 amide bonds. The van der Waals surface area contributed by atoms with E-state index in [0.29, 0.717) is 25.1 Å². The quantitative estimate of drug-likeness (QED) is 0.820. The van der Waals surface area contributed by atoms with Crippen molar-refractivity contribution in [3.63, 3.8) is 0 Å². The van der Waals surface area contributed by atoms with E-state index in [0.717, 1.165) is 29.8 Å². The highest BCUT2D eigenvalue weighted by atomic mass is 32.2. The van der Waals surface area contributed by atoms with Crippen LogP contribution in [-0.2, 0) is 6.42 Å². The van der Waals surface area contributed by atoms with Gasteiger partial charge in [-0.15, -0.1) is 0 Å². The highest BCUT2D eigenvalue weighted by Gasteiger charge is 2.25. The van der Waals surface area contributed by atoms with Gasteiger partial charge in [0.05, 0.1) is 5.56 Å². The molecule has 6 heteroatoms. The van der Waals surface area contributed by atoms with Crippen LogP contribution in [0.3, 0.4) is 0 Å². The van der Waals surface area contributed by atoms with Crippen molar-refractivity contribution in [3.05, 3.63) is 29.3 Å². The molecule has 2 N–H and O–H groups in total. The number of benzene rings is 1. The number of anilines is 1. The van der Waals surface area contributed by atoms with Crippen LogP contribution >= 0.6 is 11.8 Å². The van der Waals surface area contributed by atoms with Gasteiger partial charge in [-0.1, -0.05) is 6.07 Å². The number of fused-ring (bicyclic) bond motifs is 1. The molecule has 1 aliphatic heterocycles. The third-order valence-corrected chi connectivity index (χ3v) is 4.22. The second-order valence-corrected chi connectivity index (χ2v) is 5.93. The first-order valence-corrected chi connectivity index (χ1v) is 8.44. The van der Waals surface area contributed by atoms with Gasteiger partial charge in [0.15, 0.2) is 0 Å². The van der Waals surface area contributed by atoms with E-state index in [1.807, 2.05) is 12.3 Å². The highest BCUT2D eigenvalue weighted by molar-refractivity contribution is 7.98. The van der Waals surface area contributed by atoms with Crippen molar-refractivity contribution in [2.75, 3.05) is 30.0 Å². The number of carbonyl (C=O) groups is 2. The molecular formula is C15H20N2O3S. The number of carboxylic acid groups (broad SMARTS) is 1. The lowest BCUT2D eigenvalue weighted by Gasteiger charge is -2.30. The van der Waals surface area contributed by atoms with Gasteiger partial charge in [-0.3, -0.25) is 4.90 Å². The second kappa shape index (κ2) is 7.36. The summed E-state index contributed by atoms with van der Waals surface area (Å²) in [7, 11) is 0. The number of aromatic carboxylic acids is 1. The zero-order valence-corrected chi connectivity index (χ0v) is 12.9. The number of thioether (sulfide) groups is 1. The van der Waals surface area contributed by atoms with Crippen molar-refractivity contribution in [3.8, 4) is 0 Å². The standard InChI is InChI=1S/C15H20N2O3S/c1-21-10-4-8-16-15(20)17-9-3-6-11-12(14(18)19)5-2-7-13(11)17/h2,5,7H,3-4,6,8-10H2,1H3,(H,16,20)(H,18,19). The summed E-state index contributed by atoms with van der Waals surface area (Å²) in [6, 6.07) is 4.98. The van der Waals surface area contributed by atoms with Crippen LogP contribution in [0.25, 0.3) is 0 Å². The van der Waals surface area contributed by atoms with E-state index in [4.69, 9.17) is 0 Å². The van der Waals surface area contributed by atoms with Crippen LogP contribution in [0.1, 0.15) is 28.8 Å². The number of hydrogen-bond donors (Lipinski definition) is 2. The zero-order valence-electron chi connectivity index (χ0n) is 12.1. The number of amides is 2. The lowest BCUT2D eigenvalue weighted by molar-refractivity contribution is 0.0695. The molecule has 0 saturated heterocycles. The fourth-order valence-corrected chi connectivity index (χ4v) is 2.98. The first kappa shape index (κ1) is 15.7. The van der Waals surface area contributed by atoms with E-state index in [9.17, 15) is 14.7 Å². The average molecular weight is 308 g/mol. The Hall–Kier alpha value is -1.69. The number of nitrogens with one attached hydrogen (secondary N) is 1. The van der Waals surface area contributed by atoms with Crippen molar-refractivity contribution >= 4 is 29.4 Å². The van der Waals surface area contributed by atoms with E-state index < -0.39 is 5.97 Å². The minimum atomic E-state index is -0.936. The lowest BCUT2D eigenvalue weighted by atomic mass is 9.96. The summed E-state index contributed by atoms with van der Waals surface area (Å²) in [6.07, 6.45) is 4.46. The Morgan fingerprint density at radius 3 is 2.95 bits per heavy atom. The van der Waals surface area contributed by atoms with Crippen LogP contribution in [-0.4, -0.2) is 42.2 Å². The summed E-state index contributed by atoms with van der Waals surface area (Å²) in [5, 5.41) is 12.1. The minimum absolute atomic E-state index is 0.139. The number of carbonyl (C=O) groups excluding carboxylic acids is 1. The molecule has 0 bridgehead atoms. The van der Waals surface area contributed by atoms with Crippen molar-refractivity contribution in [1.29, 1.82) is 0 Å². The van der Waals surface area contributed by atoms with Gasteiger partial charge in [0.1, 0.15) is 0 Å². The van der Waals surface area contributed by atoms with Crippen molar-refractivity contribution in [1.82, 2.24) is 5.32 Å². The maximum Gasteiger partial charge on any atom is 0.336 e. The van der Waals surface area contributed by atoms with E-state index in [1.165, 1.54) is 0 Å². The molecular weight excluding hydrogens is 288 g/mol. The lowest BCUT2D eigenvalue weighted by Crippen LogP contribution is -2.43. The van der Waals surface area contributed by atoms with Crippen molar-refractivity contribution in [2.45, 2.75) is 19.3 Å². The topological polar surface area (TPSA) is 69.6 Å². The van der Waals surface area contributed by atoms with Crippen LogP contribution < -0.4 is 10.2 Å². The molecule has 114 valence electrons. The first-order chi connectivity index (χ1) is 10.1. The maximum atomic E-state index is 12.3. The van der Waals surface area contributed by atoms with Gasteiger partial charge in [0, 0.05) is 18.8 Å². The largest absolute Gasteiger partial charge is 0.478 e. The Kier molecular flexibility index (Phi) is 5.50. The summed E-state index contributed by atoms with van der Waals surface area (Å²) in [5.41, 5.74) is 1.78. The molecule has 0 fully saturated rings. The molecule has 1 heterocycles. The Bertz CT molecular complexity index is 534. The summed E-state index contributed by atoms with van der Waals surface area (Å²) in [4.78, 5) is 25.2. The monoisotopic (exact) mass is 308 g/mol. The smallest absolute Gasteiger partial charge is 0.336 e. The predicted octanol–water partition coefficient (Wildman–Crippen LogP) is 2.60. The predicted molar refractivity (Wildman–Crippen MR) is 85.5 cm³/mol. The summed E-state index contributed by atoms with van der Waals surface area (Å²) < 4.78 is 0. The molecule has 0 atom stereocenters. The molecule has 0 saturated carbocycles. The normalized spacial score (nSPS) is 13.7. The van der Waals surface area contributed by atoms with Gasteiger partial charge < -0.3 is 10.4 Å². The van der Waals surface area contributed by atoms with Crippen molar-refractivity contribution < 1.29 is 14.7 Å². The average Bonchev–Trinajstić information content (AvgIpc) is 2.50. The molecule has 2 rings (SSSR count). The molecule has 0 aliphatic carbocycles. The molecule has 0 unspecified atom stereocenters. The van der Waals surface area contributed by atoms with Gasteiger partial charge in [-0.2, -0.15) is 11.8 Å².